The fourth-order valence-electron chi connectivity index (χ4n) is 5.07. The van der Waals surface area contributed by atoms with Crippen LogP contribution in [0.4, 0.5) is 0 Å². The van der Waals surface area contributed by atoms with Crippen molar-refractivity contribution in [3.05, 3.63) is 56.2 Å². The molecule has 0 aliphatic heterocycles. The van der Waals surface area contributed by atoms with E-state index in [0.717, 1.165) is 5.65 Å². The Labute approximate surface area is 207 Å². The predicted octanol–water partition coefficient (Wildman–Crippen LogP) is 7.83. The Morgan fingerprint density at radius 1 is 0.833 bits per heavy atom. The van der Waals surface area contributed by atoms with E-state index in [0.29, 0.717) is 16.6 Å². The zero-order valence-electron chi connectivity index (χ0n) is 18.4. The van der Waals surface area contributed by atoms with Gasteiger partial charge in [-0.25, -0.2) is 9.97 Å². The molecule has 160 valence electrons. The van der Waals surface area contributed by atoms with E-state index in [2.05, 4.69) is 119 Å². The van der Waals surface area contributed by atoms with E-state index in [4.69, 9.17) is 4.98 Å². The fraction of sp³-hybridized carbons (Fsp3) is 0.391. The summed E-state index contributed by atoms with van der Waals surface area (Å²) in [5.41, 5.74) is 4.22. The monoisotopic (exact) mass is 644 g/mol. The van der Waals surface area contributed by atoms with Crippen molar-refractivity contribution in [2.45, 2.75) is 58.2 Å². The van der Waals surface area contributed by atoms with Crippen LogP contribution in [0.3, 0.4) is 0 Å². The van der Waals surface area contributed by atoms with Crippen LogP contribution in [0.25, 0.3) is 22.1 Å². The molecule has 0 bridgehead atoms. The van der Waals surface area contributed by atoms with E-state index in [1.165, 1.54) is 23.6 Å². The van der Waals surface area contributed by atoms with Gasteiger partial charge in [-0.1, -0.05) is 41.5 Å². The van der Waals surface area contributed by atoms with Crippen LogP contribution in [0.1, 0.15) is 41.5 Å². The Hall–Kier alpha value is -0.943. The third-order valence-electron chi connectivity index (χ3n) is 6.11. The molecule has 0 spiro atoms. The number of hydrogen-bond donors (Lipinski definition) is 1. The SMILES string of the molecule is CC(C)[Si](C(C)C)(C(C)C)n1cc(I)c2cccnc21.Ic1c[nH]c2ncccc12. The van der Waals surface area contributed by atoms with Crippen LogP contribution in [0.2, 0.25) is 16.6 Å². The van der Waals surface area contributed by atoms with E-state index < -0.39 is 8.24 Å². The minimum absolute atomic E-state index is 0.691. The van der Waals surface area contributed by atoms with E-state index in [9.17, 15) is 0 Å². The van der Waals surface area contributed by atoms with Crippen LogP contribution >= 0.6 is 45.2 Å². The molecule has 7 heteroatoms. The van der Waals surface area contributed by atoms with Crippen LogP contribution in [0.5, 0.6) is 0 Å². The van der Waals surface area contributed by atoms with Gasteiger partial charge in [0.25, 0.3) is 0 Å². The number of halogens is 2. The van der Waals surface area contributed by atoms with Crippen molar-refractivity contribution in [2.75, 3.05) is 0 Å². The first kappa shape index (κ1) is 23.7. The summed E-state index contributed by atoms with van der Waals surface area (Å²) in [5.74, 6) is 0. The average molecular weight is 644 g/mol. The van der Waals surface area contributed by atoms with Crippen molar-refractivity contribution >= 4 is 75.5 Å². The number of aromatic nitrogens is 4. The molecule has 0 atom stereocenters. The number of pyridine rings is 2. The minimum atomic E-state index is -1.70. The van der Waals surface area contributed by atoms with E-state index in [-0.39, 0.29) is 0 Å². The molecule has 0 saturated carbocycles. The fourth-order valence-corrected chi connectivity index (χ4v) is 13.2. The molecule has 0 radical (unpaired) electrons. The highest BCUT2D eigenvalue weighted by molar-refractivity contribution is 14.1. The third-order valence-corrected chi connectivity index (χ3v) is 14.6. The molecule has 1 N–H and O–H groups in total. The van der Waals surface area contributed by atoms with E-state index in [1.807, 2.05) is 24.5 Å². The summed E-state index contributed by atoms with van der Waals surface area (Å²) in [6, 6.07) is 8.23. The van der Waals surface area contributed by atoms with Crippen molar-refractivity contribution in [3.8, 4) is 0 Å². The number of aromatic amines is 1. The Kier molecular flexibility index (Phi) is 7.65. The van der Waals surface area contributed by atoms with Crippen LogP contribution in [-0.4, -0.2) is 27.4 Å². The van der Waals surface area contributed by atoms with Crippen molar-refractivity contribution in [3.63, 3.8) is 0 Å². The summed E-state index contributed by atoms with van der Waals surface area (Å²) in [5, 5.41) is 2.50. The lowest BCUT2D eigenvalue weighted by Gasteiger charge is -2.44. The third kappa shape index (κ3) is 4.21. The lowest BCUT2D eigenvalue weighted by Crippen LogP contribution is -2.51. The molecule has 4 rings (SSSR count). The maximum atomic E-state index is 4.71. The quantitative estimate of drug-likeness (QED) is 0.182. The molecule has 0 aliphatic rings. The van der Waals surface area contributed by atoms with Crippen molar-refractivity contribution in [1.82, 2.24) is 19.2 Å². The molecule has 30 heavy (non-hydrogen) atoms. The van der Waals surface area contributed by atoms with E-state index >= 15 is 0 Å². The number of nitrogens with one attached hydrogen (secondary N) is 1. The zero-order valence-corrected chi connectivity index (χ0v) is 23.8. The molecule has 0 saturated heterocycles. The first-order valence-corrected chi connectivity index (χ1v) is 14.7. The predicted molar refractivity (Wildman–Crippen MR) is 148 cm³/mol. The van der Waals surface area contributed by atoms with Gasteiger partial charge in [0.1, 0.15) is 11.3 Å². The molecule has 4 nitrogen and oxygen atoms in total. The van der Waals surface area contributed by atoms with Crippen molar-refractivity contribution < 1.29 is 0 Å². The summed E-state index contributed by atoms with van der Waals surface area (Å²) >= 11 is 4.73. The van der Waals surface area contributed by atoms with Gasteiger partial charge in [0.15, 0.2) is 8.24 Å². The first-order chi connectivity index (χ1) is 14.2. The van der Waals surface area contributed by atoms with Crippen LogP contribution < -0.4 is 0 Å². The summed E-state index contributed by atoms with van der Waals surface area (Å²) in [4.78, 5) is 11.9. The van der Waals surface area contributed by atoms with Crippen LogP contribution in [0.15, 0.2) is 49.1 Å². The topological polar surface area (TPSA) is 46.5 Å². The Morgan fingerprint density at radius 2 is 1.40 bits per heavy atom. The Balaban J connectivity index is 0.000000212. The second-order valence-corrected chi connectivity index (χ2v) is 16.7. The van der Waals surface area contributed by atoms with Crippen molar-refractivity contribution in [1.29, 1.82) is 0 Å². The van der Waals surface area contributed by atoms with E-state index in [1.54, 1.807) is 6.20 Å². The maximum absolute atomic E-state index is 4.71. The lowest BCUT2D eigenvalue weighted by atomic mass is 10.3. The standard InChI is InChI=1S/C16H25IN2Si.C7H5IN2/c1-11(2)20(12(3)4,13(5)6)19-10-15(17)14-8-7-9-18-16(14)19;8-6-4-10-7-5(6)2-1-3-9-7/h7-13H,1-6H3;1-4H,(H,9,10). The number of rotatable bonds is 4. The van der Waals surface area contributed by atoms with Crippen LogP contribution in [0, 0.1) is 7.14 Å². The largest absolute Gasteiger partial charge is 0.358 e. The van der Waals surface area contributed by atoms with Gasteiger partial charge in [-0.2, -0.15) is 0 Å². The molecular formula is C23H30I2N4Si. The van der Waals surface area contributed by atoms with Gasteiger partial charge >= 0.3 is 0 Å². The Morgan fingerprint density at radius 3 is 1.97 bits per heavy atom. The van der Waals surface area contributed by atoms with Gasteiger partial charge in [0, 0.05) is 42.7 Å². The van der Waals surface area contributed by atoms with Crippen LogP contribution in [-0.2, 0) is 0 Å². The van der Waals surface area contributed by atoms with Gasteiger partial charge in [-0.05, 0) is 86.1 Å². The molecule has 4 aromatic rings. The van der Waals surface area contributed by atoms with Gasteiger partial charge in [-0.15, -0.1) is 0 Å². The molecule has 4 heterocycles. The van der Waals surface area contributed by atoms with Gasteiger partial charge in [0.05, 0.1) is 0 Å². The molecule has 0 amide bonds. The van der Waals surface area contributed by atoms with Gasteiger partial charge in [-0.3, -0.25) is 0 Å². The number of H-pyrrole nitrogens is 1. The van der Waals surface area contributed by atoms with Gasteiger partial charge < -0.3 is 9.22 Å². The lowest BCUT2D eigenvalue weighted by molar-refractivity contribution is 0.770. The summed E-state index contributed by atoms with van der Waals surface area (Å²) < 4.78 is 5.13. The second-order valence-electron chi connectivity index (χ2n) is 8.61. The summed E-state index contributed by atoms with van der Waals surface area (Å²) in [7, 11) is -1.70. The molecule has 0 unspecified atom stereocenters. The molecule has 0 aromatic carbocycles. The highest BCUT2D eigenvalue weighted by atomic mass is 127. The highest BCUT2D eigenvalue weighted by Gasteiger charge is 2.46. The summed E-state index contributed by atoms with van der Waals surface area (Å²) in [6.45, 7) is 14.4. The molecule has 4 aromatic heterocycles. The van der Waals surface area contributed by atoms with Gasteiger partial charge in [0.2, 0.25) is 0 Å². The average Bonchev–Trinajstić information content (AvgIpc) is 3.24. The maximum Gasteiger partial charge on any atom is 0.171 e. The first-order valence-electron chi connectivity index (χ1n) is 10.4. The molecule has 0 aliphatic carbocycles. The molecular weight excluding hydrogens is 614 g/mol. The Bertz CT molecular complexity index is 1110. The normalized spacial score (nSPS) is 12.2. The zero-order chi connectivity index (χ0) is 22.1. The highest BCUT2D eigenvalue weighted by Crippen LogP contribution is 2.44. The summed E-state index contributed by atoms with van der Waals surface area (Å²) in [6.07, 6.45) is 8.02. The molecule has 0 fully saturated rings. The second kappa shape index (κ2) is 9.68. The smallest absolute Gasteiger partial charge is 0.171 e. The van der Waals surface area contributed by atoms with Crippen molar-refractivity contribution in [2.24, 2.45) is 0 Å². The number of nitrogens with zero attached hydrogens (tertiary/aromatic N) is 3. The minimum Gasteiger partial charge on any atom is -0.358 e. The number of hydrogen-bond acceptors (Lipinski definition) is 2. The number of fused-ring (bicyclic) bond motifs is 2.